The molecule has 0 saturated carbocycles. The minimum Gasteiger partial charge on any atom is -0.478 e. The molecule has 0 saturated heterocycles. The molecule has 8 heteroatoms. The molecule has 180 valence electrons. The molecular weight excluding hydrogens is 482 g/mol. The van der Waals surface area contributed by atoms with Crippen molar-refractivity contribution in [2.75, 3.05) is 12.3 Å². The van der Waals surface area contributed by atoms with Crippen LogP contribution in [0.25, 0.3) is 10.8 Å². The molecule has 35 heavy (non-hydrogen) atoms. The van der Waals surface area contributed by atoms with Crippen molar-refractivity contribution in [2.24, 2.45) is 0 Å². The number of nitrogens with one attached hydrogen (secondary N) is 1. The second kappa shape index (κ2) is 10.5. The van der Waals surface area contributed by atoms with Gasteiger partial charge in [0, 0.05) is 22.6 Å². The Bertz CT molecular complexity index is 1480. The quantitative estimate of drug-likeness (QED) is 0.213. The monoisotopic (exact) mass is 507 g/mol. The molecule has 0 aliphatic heterocycles. The van der Waals surface area contributed by atoms with Crippen molar-refractivity contribution < 1.29 is 23.1 Å². The van der Waals surface area contributed by atoms with Gasteiger partial charge in [0.2, 0.25) is 10.0 Å². The first-order valence-corrected chi connectivity index (χ1v) is 13.4. The molecule has 0 spiro atoms. The molecular formula is C27H25NO5S2. The Hall–Kier alpha value is -3.33. The number of fused-ring (bicyclic) bond motifs is 1. The standard InChI is InChI=1S/C27H25NO5S2/c1-18-16-23(17-25(19(18)2)27(29)30)35(31,32)28-14-15-34-22-12-10-21(11-13-22)33-26-9-5-7-20-6-3-4-8-24(20)26/h3-13,16-17,28H,14-15H2,1-2H3,(H,29,30). The van der Waals surface area contributed by atoms with E-state index in [1.54, 1.807) is 13.8 Å². The highest BCUT2D eigenvalue weighted by molar-refractivity contribution is 7.99. The first-order valence-electron chi connectivity index (χ1n) is 11.0. The van der Waals surface area contributed by atoms with Crippen LogP contribution in [-0.2, 0) is 10.0 Å². The Labute approximate surface area is 209 Å². The van der Waals surface area contributed by atoms with Crippen molar-refractivity contribution in [3.8, 4) is 11.5 Å². The van der Waals surface area contributed by atoms with Gasteiger partial charge in [-0.1, -0.05) is 36.4 Å². The highest BCUT2D eigenvalue weighted by Crippen LogP contribution is 2.31. The van der Waals surface area contributed by atoms with Crippen LogP contribution in [0.1, 0.15) is 21.5 Å². The van der Waals surface area contributed by atoms with Gasteiger partial charge >= 0.3 is 5.97 Å². The summed E-state index contributed by atoms with van der Waals surface area (Å²) < 4.78 is 33.9. The largest absolute Gasteiger partial charge is 0.478 e. The number of hydrogen-bond acceptors (Lipinski definition) is 5. The van der Waals surface area contributed by atoms with Gasteiger partial charge in [-0.05, 0) is 72.8 Å². The summed E-state index contributed by atoms with van der Waals surface area (Å²) in [7, 11) is -3.82. The van der Waals surface area contributed by atoms with E-state index in [0.717, 1.165) is 27.2 Å². The number of rotatable bonds is 9. The molecule has 0 aromatic heterocycles. The number of thioether (sulfide) groups is 1. The lowest BCUT2D eigenvalue weighted by atomic mass is 10.0. The van der Waals surface area contributed by atoms with Crippen LogP contribution in [0.5, 0.6) is 11.5 Å². The third-order valence-corrected chi connectivity index (χ3v) is 8.10. The van der Waals surface area contributed by atoms with Crippen LogP contribution in [-0.4, -0.2) is 31.8 Å². The second-order valence-electron chi connectivity index (χ2n) is 8.01. The van der Waals surface area contributed by atoms with Gasteiger partial charge in [0.1, 0.15) is 11.5 Å². The minimum absolute atomic E-state index is 0.00874. The third kappa shape index (κ3) is 5.85. The number of carboxylic acid groups (broad SMARTS) is 1. The molecule has 0 unspecified atom stereocenters. The Morgan fingerprint density at radius 1 is 0.971 bits per heavy atom. The molecule has 0 fully saturated rings. The summed E-state index contributed by atoms with van der Waals surface area (Å²) in [5.74, 6) is 0.871. The Balaban J connectivity index is 1.34. The number of carbonyl (C=O) groups is 1. The van der Waals surface area contributed by atoms with Crippen molar-refractivity contribution in [3.05, 3.63) is 95.6 Å². The average molecular weight is 508 g/mol. The van der Waals surface area contributed by atoms with Crippen LogP contribution < -0.4 is 9.46 Å². The van der Waals surface area contributed by atoms with E-state index in [4.69, 9.17) is 4.74 Å². The van der Waals surface area contributed by atoms with Crippen molar-refractivity contribution >= 4 is 38.5 Å². The molecule has 0 amide bonds. The molecule has 4 rings (SSSR count). The van der Waals surface area contributed by atoms with Crippen LogP contribution in [0.3, 0.4) is 0 Å². The summed E-state index contributed by atoms with van der Waals surface area (Å²) in [5.41, 5.74) is 1.16. The lowest BCUT2D eigenvalue weighted by molar-refractivity contribution is 0.0695. The van der Waals surface area contributed by atoms with Crippen LogP contribution in [0, 0.1) is 13.8 Å². The first kappa shape index (κ1) is 24.8. The van der Waals surface area contributed by atoms with Crippen LogP contribution >= 0.6 is 11.8 Å². The predicted molar refractivity (Wildman–Crippen MR) is 139 cm³/mol. The number of ether oxygens (including phenoxy) is 1. The fourth-order valence-corrected chi connectivity index (χ4v) is 5.69. The minimum atomic E-state index is -3.82. The van der Waals surface area contributed by atoms with Gasteiger partial charge in [0.25, 0.3) is 0 Å². The fourth-order valence-electron chi connectivity index (χ4n) is 3.65. The number of hydrogen-bond donors (Lipinski definition) is 2. The third-order valence-electron chi connectivity index (χ3n) is 5.65. The lowest BCUT2D eigenvalue weighted by Crippen LogP contribution is -2.26. The Morgan fingerprint density at radius 2 is 1.69 bits per heavy atom. The van der Waals surface area contributed by atoms with E-state index in [1.807, 2.05) is 66.7 Å². The van der Waals surface area contributed by atoms with Gasteiger partial charge in [0.15, 0.2) is 0 Å². The Kier molecular flexibility index (Phi) is 7.45. The van der Waals surface area contributed by atoms with Crippen molar-refractivity contribution in [3.63, 3.8) is 0 Å². The summed E-state index contributed by atoms with van der Waals surface area (Å²) in [6, 6.07) is 24.3. The van der Waals surface area contributed by atoms with Gasteiger partial charge in [-0.25, -0.2) is 17.9 Å². The molecule has 0 bridgehead atoms. The predicted octanol–water partition coefficient (Wildman–Crippen LogP) is 6.02. The molecule has 0 aliphatic rings. The van der Waals surface area contributed by atoms with E-state index >= 15 is 0 Å². The van der Waals surface area contributed by atoms with Crippen LogP contribution in [0.2, 0.25) is 0 Å². The van der Waals surface area contributed by atoms with Gasteiger partial charge in [-0.2, -0.15) is 0 Å². The van der Waals surface area contributed by atoms with Crippen molar-refractivity contribution in [1.29, 1.82) is 0 Å². The molecule has 4 aromatic carbocycles. The topological polar surface area (TPSA) is 92.7 Å². The first-order chi connectivity index (χ1) is 16.7. The summed E-state index contributed by atoms with van der Waals surface area (Å²) in [6.45, 7) is 3.57. The summed E-state index contributed by atoms with van der Waals surface area (Å²) in [5, 5.41) is 11.5. The molecule has 0 radical (unpaired) electrons. The zero-order valence-electron chi connectivity index (χ0n) is 19.3. The Morgan fingerprint density at radius 3 is 2.43 bits per heavy atom. The number of sulfonamides is 1. The zero-order chi connectivity index (χ0) is 25.0. The van der Waals surface area contributed by atoms with Gasteiger partial charge in [-0.15, -0.1) is 11.8 Å². The second-order valence-corrected chi connectivity index (χ2v) is 11.0. The summed E-state index contributed by atoms with van der Waals surface area (Å²) >= 11 is 1.51. The van der Waals surface area contributed by atoms with E-state index in [-0.39, 0.29) is 17.0 Å². The van der Waals surface area contributed by atoms with E-state index in [2.05, 4.69) is 4.72 Å². The smallest absolute Gasteiger partial charge is 0.336 e. The van der Waals surface area contributed by atoms with E-state index in [1.165, 1.54) is 23.9 Å². The van der Waals surface area contributed by atoms with Crippen molar-refractivity contribution in [2.45, 2.75) is 23.6 Å². The van der Waals surface area contributed by atoms with Gasteiger partial charge < -0.3 is 9.84 Å². The van der Waals surface area contributed by atoms with E-state index in [9.17, 15) is 18.3 Å². The average Bonchev–Trinajstić information content (AvgIpc) is 2.84. The maximum absolute atomic E-state index is 12.7. The number of aromatic carboxylic acids is 1. The fraction of sp³-hybridized carbons (Fsp3) is 0.148. The van der Waals surface area contributed by atoms with Crippen molar-refractivity contribution in [1.82, 2.24) is 4.72 Å². The zero-order valence-corrected chi connectivity index (χ0v) is 20.9. The molecule has 0 atom stereocenters. The normalized spacial score (nSPS) is 11.5. The molecule has 2 N–H and O–H groups in total. The highest BCUT2D eigenvalue weighted by atomic mass is 32.2. The number of carboxylic acids is 1. The molecule has 6 nitrogen and oxygen atoms in total. The lowest BCUT2D eigenvalue weighted by Gasteiger charge is -2.11. The van der Waals surface area contributed by atoms with E-state index < -0.39 is 16.0 Å². The maximum Gasteiger partial charge on any atom is 0.336 e. The summed E-state index contributed by atoms with van der Waals surface area (Å²) in [4.78, 5) is 12.4. The van der Waals surface area contributed by atoms with E-state index in [0.29, 0.717) is 16.9 Å². The van der Waals surface area contributed by atoms with Gasteiger partial charge in [0.05, 0.1) is 10.5 Å². The molecule has 0 aliphatic carbocycles. The maximum atomic E-state index is 12.7. The summed E-state index contributed by atoms with van der Waals surface area (Å²) in [6.07, 6.45) is 0. The highest BCUT2D eigenvalue weighted by Gasteiger charge is 2.19. The molecule has 0 heterocycles. The van der Waals surface area contributed by atoms with Crippen LogP contribution in [0.4, 0.5) is 0 Å². The number of benzene rings is 4. The SMILES string of the molecule is Cc1cc(S(=O)(=O)NCCSc2ccc(Oc3cccc4ccccc34)cc2)cc(C(=O)O)c1C. The molecule has 4 aromatic rings. The van der Waals surface area contributed by atoms with Gasteiger partial charge in [-0.3, -0.25) is 0 Å². The van der Waals surface area contributed by atoms with Crippen LogP contribution in [0.15, 0.2) is 88.7 Å². The number of aryl methyl sites for hydroxylation is 1.